The van der Waals surface area contributed by atoms with Crippen molar-refractivity contribution in [3.05, 3.63) is 65.6 Å². The van der Waals surface area contributed by atoms with Crippen molar-refractivity contribution < 1.29 is 13.2 Å². The van der Waals surface area contributed by atoms with E-state index in [1.165, 1.54) is 12.3 Å². The largest absolute Gasteiger partial charge is 0.363 e. The van der Waals surface area contributed by atoms with Crippen molar-refractivity contribution in [1.82, 2.24) is 19.6 Å². The number of anilines is 3. The number of carbonyl (C=O) groups is 1. The predicted octanol–water partition coefficient (Wildman–Crippen LogP) is 1.83. The molecule has 4 aromatic rings. The third-order valence-corrected chi connectivity index (χ3v) is 6.16. The van der Waals surface area contributed by atoms with Gasteiger partial charge in [0.2, 0.25) is 21.8 Å². The van der Waals surface area contributed by atoms with Gasteiger partial charge in [0.15, 0.2) is 5.82 Å². The van der Waals surface area contributed by atoms with Crippen LogP contribution in [0.15, 0.2) is 53.6 Å². The number of benzene rings is 2. The Labute approximate surface area is 190 Å². The average molecular weight is 467 g/mol. The fraction of sp³-hybridized carbons (Fsp3) is 0.143. The molecule has 0 spiro atoms. The summed E-state index contributed by atoms with van der Waals surface area (Å²) >= 11 is 0. The van der Waals surface area contributed by atoms with E-state index in [1.807, 2.05) is 25.1 Å². The molecule has 12 heteroatoms. The standard InChI is InChI=1S/C21H22N8O3S/c1-12-7-8-14(11-16(12)33(23,31)32)25-21-24-10-9-17(26-21)28(3)29-15-6-4-5-13(2)18(15)27-20(29)19(22)30/h4-11H,1-3H3,(H2,22,30)(H2,23,31,32)(H,24,25,26). The van der Waals surface area contributed by atoms with Crippen molar-refractivity contribution in [3.8, 4) is 0 Å². The summed E-state index contributed by atoms with van der Waals surface area (Å²) in [5, 5.41) is 9.91. The SMILES string of the molecule is Cc1ccc(Nc2nccc(N(C)n3c(C(N)=O)nc4c(C)cccc43)n2)cc1S(N)(=O)=O. The van der Waals surface area contributed by atoms with Crippen molar-refractivity contribution in [2.75, 3.05) is 17.4 Å². The number of hydrogen-bond acceptors (Lipinski definition) is 8. The number of para-hydroxylation sites is 1. The number of hydrogen-bond donors (Lipinski definition) is 3. The maximum Gasteiger partial charge on any atom is 0.286 e. The van der Waals surface area contributed by atoms with Crippen LogP contribution in [-0.4, -0.2) is 41.0 Å². The van der Waals surface area contributed by atoms with Crippen LogP contribution in [0.2, 0.25) is 0 Å². The van der Waals surface area contributed by atoms with Crippen LogP contribution in [0.3, 0.4) is 0 Å². The van der Waals surface area contributed by atoms with Crippen LogP contribution in [0, 0.1) is 13.8 Å². The molecule has 0 saturated carbocycles. The second kappa shape index (κ2) is 8.15. The molecule has 0 aliphatic heterocycles. The second-order valence-electron chi connectivity index (χ2n) is 7.47. The molecular weight excluding hydrogens is 444 g/mol. The molecule has 0 aliphatic carbocycles. The number of nitrogens with two attached hydrogens (primary N) is 2. The molecule has 33 heavy (non-hydrogen) atoms. The van der Waals surface area contributed by atoms with E-state index in [1.54, 1.807) is 41.9 Å². The maximum absolute atomic E-state index is 12.1. The first-order chi connectivity index (χ1) is 15.6. The van der Waals surface area contributed by atoms with Crippen molar-refractivity contribution in [3.63, 3.8) is 0 Å². The van der Waals surface area contributed by atoms with Gasteiger partial charge in [-0.15, -0.1) is 0 Å². The number of nitrogens with zero attached hydrogens (tertiary/aromatic N) is 5. The summed E-state index contributed by atoms with van der Waals surface area (Å²) in [4.78, 5) is 25.2. The topological polar surface area (TPSA) is 162 Å². The molecule has 0 saturated heterocycles. The highest BCUT2D eigenvalue weighted by molar-refractivity contribution is 7.89. The first kappa shape index (κ1) is 22.2. The number of rotatable bonds is 6. The van der Waals surface area contributed by atoms with E-state index in [2.05, 4.69) is 20.3 Å². The number of carbonyl (C=O) groups excluding carboxylic acids is 1. The molecule has 0 bridgehead atoms. The Hall–Kier alpha value is -4.03. The number of primary sulfonamides is 1. The molecule has 0 fully saturated rings. The molecule has 2 aromatic heterocycles. The summed E-state index contributed by atoms with van der Waals surface area (Å²) in [6.07, 6.45) is 1.53. The molecule has 170 valence electrons. The molecule has 4 rings (SSSR count). The Bertz CT molecular complexity index is 1500. The van der Waals surface area contributed by atoms with Gasteiger partial charge in [0.1, 0.15) is 0 Å². The van der Waals surface area contributed by atoms with Crippen LogP contribution in [0.25, 0.3) is 11.0 Å². The lowest BCUT2D eigenvalue weighted by atomic mass is 10.2. The minimum absolute atomic E-state index is 0.00660. The van der Waals surface area contributed by atoms with Crippen LogP contribution in [0.1, 0.15) is 21.7 Å². The van der Waals surface area contributed by atoms with Gasteiger partial charge in [-0.2, -0.15) is 4.98 Å². The highest BCUT2D eigenvalue weighted by Gasteiger charge is 2.21. The average Bonchev–Trinajstić information content (AvgIpc) is 3.15. The Kier molecular flexibility index (Phi) is 5.47. The van der Waals surface area contributed by atoms with Crippen LogP contribution >= 0.6 is 0 Å². The molecule has 11 nitrogen and oxygen atoms in total. The summed E-state index contributed by atoms with van der Waals surface area (Å²) in [5.74, 6) is 0.0330. The van der Waals surface area contributed by atoms with Crippen LogP contribution < -0.4 is 21.2 Å². The fourth-order valence-electron chi connectivity index (χ4n) is 3.50. The van der Waals surface area contributed by atoms with Gasteiger partial charge in [0.25, 0.3) is 5.91 Å². The summed E-state index contributed by atoms with van der Waals surface area (Å²) in [6.45, 7) is 3.55. The zero-order valence-electron chi connectivity index (χ0n) is 18.1. The highest BCUT2D eigenvalue weighted by atomic mass is 32.2. The third-order valence-electron chi connectivity index (χ3n) is 5.11. The van der Waals surface area contributed by atoms with E-state index in [4.69, 9.17) is 10.9 Å². The first-order valence-electron chi connectivity index (χ1n) is 9.81. The summed E-state index contributed by atoms with van der Waals surface area (Å²) in [5.41, 5.74) is 8.81. The van der Waals surface area contributed by atoms with E-state index in [0.717, 1.165) is 5.56 Å². The monoisotopic (exact) mass is 466 g/mol. The Balaban J connectivity index is 1.73. The minimum atomic E-state index is -3.88. The number of fused-ring (bicyclic) bond motifs is 1. The van der Waals surface area contributed by atoms with E-state index >= 15 is 0 Å². The minimum Gasteiger partial charge on any atom is -0.363 e. The van der Waals surface area contributed by atoms with Gasteiger partial charge in [-0.25, -0.2) is 28.2 Å². The van der Waals surface area contributed by atoms with Crippen molar-refractivity contribution in [1.29, 1.82) is 0 Å². The van der Waals surface area contributed by atoms with Gasteiger partial charge in [0, 0.05) is 25.0 Å². The third kappa shape index (κ3) is 4.21. The normalized spacial score (nSPS) is 11.5. The van der Waals surface area contributed by atoms with Crippen LogP contribution in [-0.2, 0) is 10.0 Å². The maximum atomic E-state index is 12.1. The summed E-state index contributed by atoms with van der Waals surface area (Å²) in [7, 11) is -2.16. The van der Waals surface area contributed by atoms with Gasteiger partial charge in [-0.1, -0.05) is 18.2 Å². The summed E-state index contributed by atoms with van der Waals surface area (Å²) in [6, 6.07) is 12.0. The lowest BCUT2D eigenvalue weighted by Crippen LogP contribution is -2.31. The Morgan fingerprint density at radius 3 is 2.55 bits per heavy atom. The van der Waals surface area contributed by atoms with Crippen LogP contribution in [0.4, 0.5) is 17.5 Å². The molecule has 1 amide bonds. The van der Waals surface area contributed by atoms with Gasteiger partial charge in [0.05, 0.1) is 15.9 Å². The van der Waals surface area contributed by atoms with E-state index < -0.39 is 15.9 Å². The first-order valence-corrected chi connectivity index (χ1v) is 11.4. The number of imidazole rings is 1. The van der Waals surface area contributed by atoms with Crippen molar-refractivity contribution in [2.24, 2.45) is 10.9 Å². The molecule has 0 radical (unpaired) electrons. The van der Waals surface area contributed by atoms with Gasteiger partial charge in [-0.05, 0) is 43.2 Å². The van der Waals surface area contributed by atoms with Gasteiger partial charge < -0.3 is 11.1 Å². The zero-order chi connectivity index (χ0) is 23.9. The fourth-order valence-corrected chi connectivity index (χ4v) is 4.30. The molecule has 2 heterocycles. The lowest BCUT2D eigenvalue weighted by Gasteiger charge is -2.22. The van der Waals surface area contributed by atoms with E-state index in [-0.39, 0.29) is 16.7 Å². The molecule has 0 aliphatic rings. The molecule has 5 N–H and O–H groups in total. The van der Waals surface area contributed by atoms with E-state index in [9.17, 15) is 13.2 Å². The van der Waals surface area contributed by atoms with Crippen LogP contribution in [0.5, 0.6) is 0 Å². The molecule has 2 aromatic carbocycles. The predicted molar refractivity (Wildman–Crippen MR) is 125 cm³/mol. The number of aryl methyl sites for hydroxylation is 2. The smallest absolute Gasteiger partial charge is 0.286 e. The Morgan fingerprint density at radius 2 is 1.85 bits per heavy atom. The summed E-state index contributed by atoms with van der Waals surface area (Å²) < 4.78 is 25.2. The molecular formula is C21H22N8O3S. The number of amides is 1. The van der Waals surface area contributed by atoms with Gasteiger partial charge in [-0.3, -0.25) is 9.80 Å². The number of primary amides is 1. The number of nitrogens with one attached hydrogen (secondary N) is 1. The quantitative estimate of drug-likeness (QED) is 0.387. The second-order valence-corrected chi connectivity index (χ2v) is 9.00. The number of aromatic nitrogens is 4. The van der Waals surface area contributed by atoms with Crippen molar-refractivity contribution >= 4 is 44.4 Å². The zero-order valence-corrected chi connectivity index (χ0v) is 19.0. The Morgan fingerprint density at radius 1 is 1.09 bits per heavy atom. The highest BCUT2D eigenvalue weighted by Crippen LogP contribution is 2.25. The molecule has 0 unspecified atom stereocenters. The van der Waals surface area contributed by atoms with Gasteiger partial charge >= 0.3 is 0 Å². The van der Waals surface area contributed by atoms with Crippen molar-refractivity contribution in [2.45, 2.75) is 18.7 Å². The van der Waals surface area contributed by atoms with E-state index in [0.29, 0.717) is 28.1 Å². The molecule has 0 atom stereocenters. The lowest BCUT2D eigenvalue weighted by molar-refractivity contribution is 0.0987. The number of sulfonamides is 1.